The molecule has 0 fully saturated rings. The number of carbonyl (C=O) groups is 1. The van der Waals surface area contributed by atoms with Crippen LogP contribution in [0.4, 0.5) is 15.8 Å². The fourth-order valence-electron chi connectivity index (χ4n) is 1.85. The molecule has 0 spiro atoms. The monoisotopic (exact) mass is 252 g/mol. The van der Waals surface area contributed by atoms with E-state index in [9.17, 15) is 9.18 Å². The summed E-state index contributed by atoms with van der Waals surface area (Å²) in [5.74, 6) is -0.442. The van der Waals surface area contributed by atoms with Gasteiger partial charge in [0.25, 0.3) is 0 Å². The Balaban J connectivity index is 2.67. The van der Waals surface area contributed by atoms with Crippen LogP contribution in [0, 0.1) is 11.7 Å². The smallest absolute Gasteiger partial charge is 0.227 e. The van der Waals surface area contributed by atoms with Gasteiger partial charge in [0.05, 0.1) is 11.4 Å². The molecule has 0 saturated carbocycles. The number of carbonyl (C=O) groups excluding carboxylic acids is 1. The molecule has 0 aliphatic heterocycles. The van der Waals surface area contributed by atoms with Crippen LogP contribution in [0.25, 0.3) is 0 Å². The number of amides is 1. The summed E-state index contributed by atoms with van der Waals surface area (Å²) in [5, 5.41) is 2.77. The predicted molar refractivity (Wildman–Crippen MR) is 72.7 cm³/mol. The molecular weight excluding hydrogens is 231 g/mol. The van der Waals surface area contributed by atoms with Crippen molar-refractivity contribution in [1.82, 2.24) is 0 Å². The third-order valence-corrected chi connectivity index (χ3v) is 3.04. The fourth-order valence-corrected chi connectivity index (χ4v) is 1.85. The first-order chi connectivity index (χ1) is 8.58. The van der Waals surface area contributed by atoms with E-state index in [0.29, 0.717) is 5.69 Å². The van der Waals surface area contributed by atoms with Crippen LogP contribution >= 0.6 is 0 Å². The highest BCUT2D eigenvalue weighted by molar-refractivity contribution is 5.95. The van der Waals surface area contributed by atoms with Crippen molar-refractivity contribution in [3.8, 4) is 0 Å². The molecule has 1 aromatic rings. The number of nitrogen functional groups attached to an aromatic ring is 1. The molecule has 100 valence electrons. The number of nitrogens with two attached hydrogens (primary N) is 1. The van der Waals surface area contributed by atoms with Crippen LogP contribution in [0.5, 0.6) is 0 Å². The number of rotatable bonds is 6. The Labute approximate surface area is 108 Å². The Morgan fingerprint density at radius 1 is 1.44 bits per heavy atom. The van der Waals surface area contributed by atoms with Gasteiger partial charge in [-0.25, -0.2) is 4.39 Å². The van der Waals surface area contributed by atoms with E-state index in [4.69, 9.17) is 5.73 Å². The summed E-state index contributed by atoms with van der Waals surface area (Å²) in [6.45, 7) is 4.09. The molecule has 1 aromatic carbocycles. The van der Waals surface area contributed by atoms with Gasteiger partial charge in [-0.3, -0.25) is 4.79 Å². The van der Waals surface area contributed by atoms with E-state index in [-0.39, 0.29) is 17.5 Å². The minimum absolute atomic E-state index is 0.00518. The molecular formula is C14H21FN2O. The van der Waals surface area contributed by atoms with E-state index in [1.807, 2.05) is 6.92 Å². The van der Waals surface area contributed by atoms with E-state index in [2.05, 4.69) is 12.2 Å². The van der Waals surface area contributed by atoms with Gasteiger partial charge in [0.15, 0.2) is 0 Å². The van der Waals surface area contributed by atoms with Crippen LogP contribution in [0.15, 0.2) is 18.2 Å². The predicted octanol–water partition coefficient (Wildman–Crippen LogP) is 3.56. The van der Waals surface area contributed by atoms with Crippen molar-refractivity contribution < 1.29 is 9.18 Å². The maximum Gasteiger partial charge on any atom is 0.227 e. The molecule has 0 aliphatic rings. The number of anilines is 2. The maximum atomic E-state index is 12.9. The topological polar surface area (TPSA) is 55.1 Å². The largest absolute Gasteiger partial charge is 0.397 e. The third-order valence-electron chi connectivity index (χ3n) is 3.04. The van der Waals surface area contributed by atoms with Gasteiger partial charge in [0.1, 0.15) is 5.82 Å². The summed E-state index contributed by atoms with van der Waals surface area (Å²) in [6.07, 6.45) is 3.78. The van der Waals surface area contributed by atoms with E-state index in [0.717, 1.165) is 25.7 Å². The molecule has 1 amide bonds. The molecule has 0 bridgehead atoms. The lowest BCUT2D eigenvalue weighted by atomic mass is 9.98. The van der Waals surface area contributed by atoms with Crippen molar-refractivity contribution in [3.63, 3.8) is 0 Å². The van der Waals surface area contributed by atoms with Gasteiger partial charge < -0.3 is 11.1 Å². The lowest BCUT2D eigenvalue weighted by Gasteiger charge is -2.15. The van der Waals surface area contributed by atoms with Gasteiger partial charge in [-0.05, 0) is 31.0 Å². The van der Waals surface area contributed by atoms with Gasteiger partial charge in [0, 0.05) is 5.92 Å². The van der Waals surface area contributed by atoms with Crippen LogP contribution in [0.2, 0.25) is 0 Å². The van der Waals surface area contributed by atoms with Crippen molar-refractivity contribution in [1.29, 1.82) is 0 Å². The van der Waals surface area contributed by atoms with Gasteiger partial charge in [-0.2, -0.15) is 0 Å². The highest BCUT2D eigenvalue weighted by atomic mass is 19.1. The zero-order valence-corrected chi connectivity index (χ0v) is 11.0. The summed E-state index contributed by atoms with van der Waals surface area (Å²) < 4.78 is 12.9. The summed E-state index contributed by atoms with van der Waals surface area (Å²) in [6, 6.07) is 4.00. The average molecular weight is 252 g/mol. The molecule has 3 N–H and O–H groups in total. The third kappa shape index (κ3) is 4.02. The lowest BCUT2D eigenvalue weighted by molar-refractivity contribution is -0.120. The molecule has 0 heterocycles. The number of hydrogen-bond donors (Lipinski definition) is 2. The molecule has 4 heteroatoms. The number of nitrogens with one attached hydrogen (secondary N) is 1. The van der Waals surface area contributed by atoms with Crippen LogP contribution in [0.1, 0.15) is 39.5 Å². The zero-order chi connectivity index (χ0) is 13.5. The van der Waals surface area contributed by atoms with E-state index in [1.165, 1.54) is 18.2 Å². The molecule has 0 aromatic heterocycles. The highest BCUT2D eigenvalue weighted by Gasteiger charge is 2.16. The Kier molecular flexibility index (Phi) is 5.62. The number of halogens is 1. The SMILES string of the molecule is CCCCC(CC)C(=O)Nc1ccc(F)cc1N. The summed E-state index contributed by atoms with van der Waals surface area (Å²) in [7, 11) is 0. The van der Waals surface area contributed by atoms with Crippen molar-refractivity contribution in [3.05, 3.63) is 24.0 Å². The minimum atomic E-state index is -0.400. The van der Waals surface area contributed by atoms with Gasteiger partial charge in [-0.1, -0.05) is 26.7 Å². The average Bonchev–Trinajstić information content (AvgIpc) is 2.34. The first-order valence-corrected chi connectivity index (χ1v) is 6.44. The second-order valence-electron chi connectivity index (χ2n) is 4.47. The molecule has 0 radical (unpaired) electrons. The molecule has 0 aliphatic carbocycles. The van der Waals surface area contributed by atoms with Crippen LogP contribution in [0.3, 0.4) is 0 Å². The summed E-state index contributed by atoms with van der Waals surface area (Å²) in [5.41, 5.74) is 6.40. The fraction of sp³-hybridized carbons (Fsp3) is 0.500. The van der Waals surface area contributed by atoms with Crippen molar-refractivity contribution in [2.24, 2.45) is 5.92 Å². The van der Waals surface area contributed by atoms with Gasteiger partial charge in [0.2, 0.25) is 5.91 Å². The Hall–Kier alpha value is -1.58. The van der Waals surface area contributed by atoms with E-state index < -0.39 is 5.82 Å². The molecule has 18 heavy (non-hydrogen) atoms. The maximum absolute atomic E-state index is 12.9. The highest BCUT2D eigenvalue weighted by Crippen LogP contribution is 2.21. The van der Waals surface area contributed by atoms with E-state index >= 15 is 0 Å². The van der Waals surface area contributed by atoms with Crippen LogP contribution in [-0.2, 0) is 4.79 Å². The van der Waals surface area contributed by atoms with Gasteiger partial charge >= 0.3 is 0 Å². The van der Waals surface area contributed by atoms with Crippen molar-refractivity contribution in [2.45, 2.75) is 39.5 Å². The lowest BCUT2D eigenvalue weighted by Crippen LogP contribution is -2.22. The molecule has 1 rings (SSSR count). The zero-order valence-electron chi connectivity index (χ0n) is 11.0. The molecule has 1 unspecified atom stereocenters. The number of hydrogen-bond acceptors (Lipinski definition) is 2. The second kappa shape index (κ2) is 6.99. The quantitative estimate of drug-likeness (QED) is 0.760. The van der Waals surface area contributed by atoms with Crippen molar-refractivity contribution >= 4 is 17.3 Å². The molecule has 3 nitrogen and oxygen atoms in total. The molecule has 1 atom stereocenters. The summed E-state index contributed by atoms with van der Waals surface area (Å²) >= 11 is 0. The standard InChI is InChI=1S/C14H21FN2O/c1-3-5-6-10(4-2)14(18)17-13-8-7-11(15)9-12(13)16/h7-10H,3-6,16H2,1-2H3,(H,17,18). The van der Waals surface area contributed by atoms with Crippen LogP contribution < -0.4 is 11.1 Å². The normalized spacial score (nSPS) is 12.2. The first-order valence-electron chi connectivity index (χ1n) is 6.44. The second-order valence-corrected chi connectivity index (χ2v) is 4.47. The Bertz CT molecular complexity index is 407. The number of unbranched alkanes of at least 4 members (excludes halogenated alkanes) is 1. The minimum Gasteiger partial charge on any atom is -0.397 e. The van der Waals surface area contributed by atoms with E-state index in [1.54, 1.807) is 0 Å². The van der Waals surface area contributed by atoms with Crippen molar-refractivity contribution in [2.75, 3.05) is 11.1 Å². The summed E-state index contributed by atoms with van der Waals surface area (Å²) in [4.78, 5) is 12.0. The first kappa shape index (κ1) is 14.5. The van der Waals surface area contributed by atoms with Crippen LogP contribution in [-0.4, -0.2) is 5.91 Å². The Morgan fingerprint density at radius 3 is 2.72 bits per heavy atom. The van der Waals surface area contributed by atoms with Gasteiger partial charge in [-0.15, -0.1) is 0 Å². The molecule has 0 saturated heterocycles. The number of benzene rings is 1. The Morgan fingerprint density at radius 2 is 2.17 bits per heavy atom.